The predicted octanol–water partition coefficient (Wildman–Crippen LogP) is 2.29. The smallest absolute Gasteiger partial charge is 0.238 e. The highest BCUT2D eigenvalue weighted by atomic mass is 32.2. The third-order valence-corrected chi connectivity index (χ3v) is 3.39. The molecule has 0 fully saturated rings. The van der Waals surface area contributed by atoms with Crippen LogP contribution < -0.4 is 4.74 Å². The topological polar surface area (TPSA) is 55.2 Å². The van der Waals surface area contributed by atoms with Gasteiger partial charge in [-0.25, -0.2) is 4.98 Å². The molecule has 0 aliphatic heterocycles. The first-order valence-corrected chi connectivity index (χ1v) is 6.66. The van der Waals surface area contributed by atoms with Gasteiger partial charge < -0.3 is 9.84 Å². The van der Waals surface area contributed by atoms with Crippen LogP contribution in [0.2, 0.25) is 0 Å². The SMILES string of the molecule is COc1nccnc1C(O)c1ccccc1SC. The molecule has 1 atom stereocenters. The second-order valence-corrected chi connectivity index (χ2v) is 4.44. The maximum Gasteiger partial charge on any atom is 0.238 e. The zero-order valence-electron chi connectivity index (χ0n) is 10.2. The maximum atomic E-state index is 10.4. The summed E-state index contributed by atoms with van der Waals surface area (Å²) in [7, 11) is 1.51. The molecule has 94 valence electrons. The number of rotatable bonds is 4. The minimum Gasteiger partial charge on any atom is -0.480 e. The number of hydrogen-bond acceptors (Lipinski definition) is 5. The summed E-state index contributed by atoms with van der Waals surface area (Å²) in [6.45, 7) is 0. The average molecular weight is 262 g/mol. The summed E-state index contributed by atoms with van der Waals surface area (Å²) in [6.07, 6.45) is 4.22. The summed E-state index contributed by atoms with van der Waals surface area (Å²) in [4.78, 5) is 9.21. The molecular formula is C13H14N2O2S. The third-order valence-electron chi connectivity index (χ3n) is 2.58. The Balaban J connectivity index is 2.44. The molecule has 0 radical (unpaired) electrons. The number of benzene rings is 1. The van der Waals surface area contributed by atoms with E-state index in [-0.39, 0.29) is 0 Å². The maximum absolute atomic E-state index is 10.4. The van der Waals surface area contributed by atoms with E-state index >= 15 is 0 Å². The van der Waals surface area contributed by atoms with E-state index in [0.29, 0.717) is 11.6 Å². The largest absolute Gasteiger partial charge is 0.480 e. The quantitative estimate of drug-likeness (QED) is 0.857. The monoisotopic (exact) mass is 262 g/mol. The van der Waals surface area contributed by atoms with E-state index in [0.717, 1.165) is 10.5 Å². The van der Waals surface area contributed by atoms with Crippen molar-refractivity contribution in [3.05, 3.63) is 47.9 Å². The number of thioether (sulfide) groups is 1. The van der Waals surface area contributed by atoms with E-state index in [2.05, 4.69) is 9.97 Å². The van der Waals surface area contributed by atoms with Gasteiger partial charge in [0.15, 0.2) is 0 Å². The van der Waals surface area contributed by atoms with Crippen LogP contribution in [-0.2, 0) is 0 Å². The van der Waals surface area contributed by atoms with Crippen molar-refractivity contribution in [2.75, 3.05) is 13.4 Å². The van der Waals surface area contributed by atoms with Gasteiger partial charge in [0.2, 0.25) is 5.88 Å². The average Bonchev–Trinajstić information content (AvgIpc) is 2.46. The molecule has 0 aliphatic carbocycles. The van der Waals surface area contributed by atoms with Gasteiger partial charge in [0.05, 0.1) is 7.11 Å². The van der Waals surface area contributed by atoms with Crippen molar-refractivity contribution in [2.45, 2.75) is 11.0 Å². The fraction of sp³-hybridized carbons (Fsp3) is 0.231. The van der Waals surface area contributed by atoms with Crippen molar-refractivity contribution < 1.29 is 9.84 Å². The highest BCUT2D eigenvalue weighted by Crippen LogP contribution is 2.31. The number of aromatic nitrogens is 2. The number of nitrogens with zero attached hydrogens (tertiary/aromatic N) is 2. The molecule has 1 aromatic heterocycles. The van der Waals surface area contributed by atoms with Crippen molar-refractivity contribution in [1.82, 2.24) is 9.97 Å². The molecule has 0 spiro atoms. The molecule has 1 aromatic carbocycles. The van der Waals surface area contributed by atoms with Crippen molar-refractivity contribution >= 4 is 11.8 Å². The van der Waals surface area contributed by atoms with Crippen LogP contribution in [0.5, 0.6) is 5.88 Å². The lowest BCUT2D eigenvalue weighted by Crippen LogP contribution is -2.07. The predicted molar refractivity (Wildman–Crippen MR) is 70.9 cm³/mol. The van der Waals surface area contributed by atoms with E-state index < -0.39 is 6.10 Å². The van der Waals surface area contributed by atoms with Gasteiger partial charge in [-0.15, -0.1) is 11.8 Å². The minimum atomic E-state index is -0.836. The van der Waals surface area contributed by atoms with E-state index in [9.17, 15) is 5.11 Å². The van der Waals surface area contributed by atoms with Crippen molar-refractivity contribution in [3.63, 3.8) is 0 Å². The molecule has 2 aromatic rings. The second-order valence-electron chi connectivity index (χ2n) is 3.60. The standard InChI is InChI=1S/C13H14N2O2S/c1-17-13-11(14-7-8-15-13)12(16)9-5-3-4-6-10(9)18-2/h3-8,12,16H,1-2H3. The van der Waals surface area contributed by atoms with Crippen LogP contribution in [0.3, 0.4) is 0 Å². The molecule has 0 amide bonds. The van der Waals surface area contributed by atoms with E-state index in [1.165, 1.54) is 13.3 Å². The highest BCUT2D eigenvalue weighted by Gasteiger charge is 2.20. The lowest BCUT2D eigenvalue weighted by atomic mass is 10.1. The number of ether oxygens (including phenoxy) is 1. The van der Waals surface area contributed by atoms with Crippen molar-refractivity contribution in [3.8, 4) is 5.88 Å². The van der Waals surface area contributed by atoms with Crippen LogP contribution in [0, 0.1) is 0 Å². The molecule has 1 heterocycles. The van der Waals surface area contributed by atoms with E-state index in [4.69, 9.17) is 4.74 Å². The van der Waals surface area contributed by atoms with Crippen LogP contribution in [0.4, 0.5) is 0 Å². The van der Waals surface area contributed by atoms with Crippen LogP contribution in [-0.4, -0.2) is 28.4 Å². The van der Waals surface area contributed by atoms with Gasteiger partial charge in [-0.2, -0.15) is 0 Å². The Hall–Kier alpha value is -1.59. The third kappa shape index (κ3) is 2.47. The molecule has 4 nitrogen and oxygen atoms in total. The van der Waals surface area contributed by atoms with Crippen LogP contribution >= 0.6 is 11.8 Å². The molecule has 18 heavy (non-hydrogen) atoms. The van der Waals surface area contributed by atoms with Gasteiger partial charge in [-0.3, -0.25) is 4.98 Å². The van der Waals surface area contributed by atoms with Gasteiger partial charge in [-0.1, -0.05) is 18.2 Å². The minimum absolute atomic E-state index is 0.348. The molecule has 0 aliphatic rings. The molecule has 1 N–H and O–H groups in total. The summed E-state index contributed by atoms with van der Waals surface area (Å²) in [5.74, 6) is 0.348. The van der Waals surface area contributed by atoms with Gasteiger partial charge in [0.25, 0.3) is 0 Å². The first-order valence-electron chi connectivity index (χ1n) is 5.43. The highest BCUT2D eigenvalue weighted by molar-refractivity contribution is 7.98. The van der Waals surface area contributed by atoms with Gasteiger partial charge in [0.1, 0.15) is 11.8 Å². The summed E-state index contributed by atoms with van der Waals surface area (Å²) in [5.41, 5.74) is 1.24. The van der Waals surface area contributed by atoms with Crippen molar-refractivity contribution in [1.29, 1.82) is 0 Å². The number of hydrogen-bond donors (Lipinski definition) is 1. The van der Waals surface area contributed by atoms with Gasteiger partial charge >= 0.3 is 0 Å². The Bertz CT molecular complexity index is 486. The molecular weight excluding hydrogens is 248 g/mol. The van der Waals surface area contributed by atoms with E-state index in [1.54, 1.807) is 18.0 Å². The summed E-state index contributed by atoms with van der Waals surface area (Å²) in [6, 6.07) is 7.67. The van der Waals surface area contributed by atoms with Gasteiger partial charge in [0, 0.05) is 22.9 Å². The lowest BCUT2D eigenvalue weighted by Gasteiger charge is -2.15. The summed E-state index contributed by atoms with van der Waals surface area (Å²) in [5, 5.41) is 10.4. The van der Waals surface area contributed by atoms with Crippen LogP contribution in [0.25, 0.3) is 0 Å². The molecule has 2 rings (SSSR count). The number of aliphatic hydroxyl groups excluding tert-OH is 1. The Kier molecular flexibility index (Phi) is 4.17. The normalized spacial score (nSPS) is 12.2. The van der Waals surface area contributed by atoms with Crippen LogP contribution in [0.15, 0.2) is 41.6 Å². The van der Waals surface area contributed by atoms with Gasteiger partial charge in [-0.05, 0) is 12.3 Å². The zero-order valence-corrected chi connectivity index (χ0v) is 11.0. The first-order chi connectivity index (χ1) is 8.77. The second kappa shape index (κ2) is 5.84. The summed E-state index contributed by atoms with van der Waals surface area (Å²) >= 11 is 1.58. The Morgan fingerprint density at radius 1 is 1.22 bits per heavy atom. The Morgan fingerprint density at radius 3 is 2.67 bits per heavy atom. The number of methoxy groups -OCH3 is 1. The molecule has 5 heteroatoms. The molecule has 0 saturated carbocycles. The molecule has 0 saturated heterocycles. The zero-order chi connectivity index (χ0) is 13.0. The molecule has 1 unspecified atom stereocenters. The number of aliphatic hydroxyl groups is 1. The van der Waals surface area contributed by atoms with E-state index in [1.807, 2.05) is 30.5 Å². The fourth-order valence-corrected chi connectivity index (χ4v) is 2.35. The Morgan fingerprint density at radius 2 is 1.94 bits per heavy atom. The van der Waals surface area contributed by atoms with Crippen LogP contribution in [0.1, 0.15) is 17.4 Å². The fourth-order valence-electron chi connectivity index (χ4n) is 1.72. The first kappa shape index (κ1) is 12.9. The lowest BCUT2D eigenvalue weighted by molar-refractivity contribution is 0.205. The molecule has 0 bridgehead atoms. The van der Waals surface area contributed by atoms with Crippen molar-refractivity contribution in [2.24, 2.45) is 0 Å². The summed E-state index contributed by atoms with van der Waals surface area (Å²) < 4.78 is 5.12. The Labute approximate surface area is 110 Å².